The first kappa shape index (κ1) is 20.4. The van der Waals surface area contributed by atoms with Crippen LogP contribution in [0.3, 0.4) is 0 Å². The number of hydrogen-bond donors (Lipinski definition) is 2. The molecule has 0 bridgehead atoms. The molecule has 0 atom stereocenters. The minimum Gasteiger partial charge on any atom is -0.492 e. The lowest BCUT2D eigenvalue weighted by atomic mass is 10.2. The average molecular weight is 433 g/mol. The van der Waals surface area contributed by atoms with Gasteiger partial charge < -0.3 is 19.8 Å². The zero-order valence-electron chi connectivity index (χ0n) is 16.8. The lowest BCUT2D eigenvalue weighted by Crippen LogP contribution is -2.12. The Kier molecular flexibility index (Phi) is 6.14. The molecule has 4 aromatic rings. The summed E-state index contributed by atoms with van der Waals surface area (Å²) in [6.07, 6.45) is 1.44. The zero-order valence-corrected chi connectivity index (χ0v) is 17.6. The van der Waals surface area contributed by atoms with Crippen molar-refractivity contribution >= 4 is 34.5 Å². The molecule has 2 heterocycles. The Balaban J connectivity index is 1.47. The van der Waals surface area contributed by atoms with E-state index < -0.39 is 0 Å². The Morgan fingerprint density at radius 1 is 0.903 bits per heavy atom. The zero-order chi connectivity index (χ0) is 21.6. The molecule has 0 spiro atoms. The molecule has 0 aliphatic heterocycles. The number of carbonyl (C=O) groups is 2. The average Bonchev–Trinajstić information content (AvgIpc) is 3.47. The number of ether oxygens (including phenoxy) is 1. The van der Waals surface area contributed by atoms with Crippen molar-refractivity contribution < 1.29 is 18.7 Å². The van der Waals surface area contributed by atoms with Crippen LogP contribution in [0.2, 0.25) is 0 Å². The Bertz CT molecular complexity index is 1170. The summed E-state index contributed by atoms with van der Waals surface area (Å²) < 4.78 is 10.8. The third-order valence-corrected chi connectivity index (χ3v) is 5.57. The second-order valence-corrected chi connectivity index (χ2v) is 7.62. The van der Waals surface area contributed by atoms with Crippen LogP contribution in [0, 0.1) is 0 Å². The van der Waals surface area contributed by atoms with Crippen molar-refractivity contribution in [1.29, 1.82) is 0 Å². The quantitative estimate of drug-likeness (QED) is 0.380. The fourth-order valence-electron chi connectivity index (χ4n) is 2.97. The van der Waals surface area contributed by atoms with Gasteiger partial charge in [-0.15, -0.1) is 11.3 Å². The maximum Gasteiger partial charge on any atom is 0.291 e. The molecular formula is C24H20N2O4S. The van der Waals surface area contributed by atoms with Gasteiger partial charge in [0.05, 0.1) is 12.9 Å². The van der Waals surface area contributed by atoms with Crippen LogP contribution in [0.25, 0.3) is 10.4 Å². The summed E-state index contributed by atoms with van der Waals surface area (Å²) in [6.45, 7) is 2.35. The van der Waals surface area contributed by atoms with Gasteiger partial charge in [-0.1, -0.05) is 30.3 Å². The standard InChI is InChI=1S/C24H20N2O4S/c1-2-29-20-15-21(16-7-4-3-5-8-16)31-22(20)24(28)26-18-12-10-17(11-13-18)25-23(27)19-9-6-14-30-19/h3-15H,2H2,1H3,(H,25,27)(H,26,28). The summed E-state index contributed by atoms with van der Waals surface area (Å²) in [5.41, 5.74) is 2.24. The first-order valence-electron chi connectivity index (χ1n) is 9.72. The third-order valence-electron chi connectivity index (χ3n) is 4.41. The van der Waals surface area contributed by atoms with E-state index in [0.717, 1.165) is 10.4 Å². The molecule has 0 saturated heterocycles. The third kappa shape index (κ3) is 4.84. The number of carbonyl (C=O) groups excluding carboxylic acids is 2. The van der Waals surface area contributed by atoms with Crippen LogP contribution in [0.5, 0.6) is 5.75 Å². The highest BCUT2D eigenvalue weighted by atomic mass is 32.1. The molecular weight excluding hydrogens is 412 g/mol. The van der Waals surface area contributed by atoms with Crippen molar-refractivity contribution in [2.45, 2.75) is 6.92 Å². The van der Waals surface area contributed by atoms with Crippen molar-refractivity contribution in [2.75, 3.05) is 17.2 Å². The fourth-order valence-corrected chi connectivity index (χ4v) is 3.97. The summed E-state index contributed by atoms with van der Waals surface area (Å²) in [4.78, 5) is 26.4. The summed E-state index contributed by atoms with van der Waals surface area (Å²) in [5.74, 6) is 0.206. The smallest absolute Gasteiger partial charge is 0.291 e. The lowest BCUT2D eigenvalue weighted by Gasteiger charge is -2.08. The number of nitrogens with one attached hydrogen (secondary N) is 2. The number of furan rings is 1. The molecule has 0 fully saturated rings. The molecule has 2 aromatic heterocycles. The van der Waals surface area contributed by atoms with Crippen molar-refractivity contribution in [2.24, 2.45) is 0 Å². The van der Waals surface area contributed by atoms with E-state index in [9.17, 15) is 9.59 Å². The molecule has 2 amide bonds. The van der Waals surface area contributed by atoms with E-state index in [-0.39, 0.29) is 17.6 Å². The second kappa shape index (κ2) is 9.32. The molecule has 4 rings (SSSR count). The molecule has 0 aliphatic carbocycles. The maximum atomic E-state index is 12.9. The molecule has 7 heteroatoms. The van der Waals surface area contributed by atoms with Crippen LogP contribution in [0.15, 0.2) is 83.5 Å². The van der Waals surface area contributed by atoms with Gasteiger partial charge in [0.25, 0.3) is 11.8 Å². The van der Waals surface area contributed by atoms with Crippen molar-refractivity contribution in [3.05, 3.63) is 89.7 Å². The topological polar surface area (TPSA) is 80.6 Å². The predicted molar refractivity (Wildman–Crippen MR) is 122 cm³/mol. The van der Waals surface area contributed by atoms with Crippen LogP contribution in [0.4, 0.5) is 11.4 Å². The SMILES string of the molecule is CCOc1cc(-c2ccccc2)sc1C(=O)Nc1ccc(NC(=O)c2ccco2)cc1. The highest BCUT2D eigenvalue weighted by molar-refractivity contribution is 7.17. The van der Waals surface area contributed by atoms with E-state index in [0.29, 0.717) is 28.6 Å². The molecule has 2 N–H and O–H groups in total. The van der Waals surface area contributed by atoms with Gasteiger partial charge in [-0.2, -0.15) is 0 Å². The van der Waals surface area contributed by atoms with Gasteiger partial charge in [0, 0.05) is 16.3 Å². The Labute approximate surface area is 183 Å². The minimum absolute atomic E-state index is 0.229. The number of amides is 2. The van der Waals surface area contributed by atoms with E-state index in [1.165, 1.54) is 17.6 Å². The molecule has 0 saturated carbocycles. The predicted octanol–water partition coefficient (Wildman–Crippen LogP) is 5.91. The fraction of sp³-hybridized carbons (Fsp3) is 0.0833. The lowest BCUT2D eigenvalue weighted by molar-refractivity contribution is 0.0994. The van der Waals surface area contributed by atoms with Crippen LogP contribution >= 0.6 is 11.3 Å². The van der Waals surface area contributed by atoms with Gasteiger partial charge in [0.15, 0.2) is 5.76 Å². The number of anilines is 2. The molecule has 0 unspecified atom stereocenters. The monoisotopic (exact) mass is 432 g/mol. The van der Waals surface area contributed by atoms with Gasteiger partial charge in [-0.05, 0) is 55.0 Å². The van der Waals surface area contributed by atoms with Gasteiger partial charge in [0.2, 0.25) is 0 Å². The normalized spacial score (nSPS) is 10.5. The molecule has 31 heavy (non-hydrogen) atoms. The van der Waals surface area contributed by atoms with Crippen molar-refractivity contribution in [1.82, 2.24) is 0 Å². The first-order chi connectivity index (χ1) is 15.1. The van der Waals surface area contributed by atoms with Crippen LogP contribution < -0.4 is 15.4 Å². The molecule has 6 nitrogen and oxygen atoms in total. The molecule has 0 radical (unpaired) electrons. The largest absolute Gasteiger partial charge is 0.492 e. The first-order valence-corrected chi connectivity index (χ1v) is 10.5. The summed E-state index contributed by atoms with van der Waals surface area (Å²) in [7, 11) is 0. The minimum atomic E-state index is -0.338. The highest BCUT2D eigenvalue weighted by Gasteiger charge is 2.19. The van der Waals surface area contributed by atoms with Crippen LogP contribution in [0.1, 0.15) is 27.2 Å². The molecule has 0 aliphatic rings. The summed E-state index contributed by atoms with van der Waals surface area (Å²) >= 11 is 1.39. The van der Waals surface area contributed by atoms with Gasteiger partial charge in [-0.25, -0.2) is 0 Å². The summed E-state index contributed by atoms with van der Waals surface area (Å²) in [6, 6.07) is 21.9. The van der Waals surface area contributed by atoms with Crippen LogP contribution in [-0.2, 0) is 0 Å². The highest BCUT2D eigenvalue weighted by Crippen LogP contribution is 2.36. The van der Waals surface area contributed by atoms with Gasteiger partial charge in [0.1, 0.15) is 10.6 Å². The second-order valence-electron chi connectivity index (χ2n) is 6.57. The van der Waals surface area contributed by atoms with Crippen molar-refractivity contribution in [3.8, 4) is 16.2 Å². The molecule has 156 valence electrons. The number of thiophene rings is 1. The summed E-state index contributed by atoms with van der Waals surface area (Å²) in [5, 5.41) is 5.63. The van der Waals surface area contributed by atoms with E-state index in [4.69, 9.17) is 9.15 Å². The Morgan fingerprint density at radius 2 is 1.58 bits per heavy atom. The van der Waals surface area contributed by atoms with Crippen molar-refractivity contribution in [3.63, 3.8) is 0 Å². The Morgan fingerprint density at radius 3 is 2.19 bits per heavy atom. The maximum absolute atomic E-state index is 12.9. The van der Waals surface area contributed by atoms with E-state index >= 15 is 0 Å². The Hall–Kier alpha value is -3.84. The van der Waals surface area contributed by atoms with E-state index in [2.05, 4.69) is 10.6 Å². The number of benzene rings is 2. The van der Waals surface area contributed by atoms with Gasteiger partial charge in [-0.3, -0.25) is 9.59 Å². The van der Waals surface area contributed by atoms with E-state index in [1.54, 1.807) is 36.4 Å². The number of rotatable bonds is 7. The molecule has 2 aromatic carbocycles. The number of hydrogen-bond acceptors (Lipinski definition) is 5. The van der Waals surface area contributed by atoms with E-state index in [1.807, 2.05) is 43.3 Å². The van der Waals surface area contributed by atoms with Crippen LogP contribution in [-0.4, -0.2) is 18.4 Å². The van der Waals surface area contributed by atoms with Gasteiger partial charge >= 0.3 is 0 Å².